The standard InChI is InChI=1S/C17H19ClFNO/c1-10-7-8-12(17(21-3)11(10)2)16(20)9-13-14(18)5-4-6-15(13)19/h4-8,16H,9,20H2,1-3H3. The molecule has 2 nitrogen and oxygen atoms in total. The summed E-state index contributed by atoms with van der Waals surface area (Å²) in [5.74, 6) is 0.427. The van der Waals surface area contributed by atoms with E-state index >= 15 is 0 Å². The predicted molar refractivity (Wildman–Crippen MR) is 84.5 cm³/mol. The highest BCUT2D eigenvalue weighted by atomic mass is 35.5. The monoisotopic (exact) mass is 307 g/mol. The van der Waals surface area contributed by atoms with Gasteiger partial charge in [-0.1, -0.05) is 29.8 Å². The van der Waals surface area contributed by atoms with E-state index in [2.05, 4.69) is 0 Å². The van der Waals surface area contributed by atoms with Crippen LogP contribution in [0.15, 0.2) is 30.3 Å². The molecule has 21 heavy (non-hydrogen) atoms. The smallest absolute Gasteiger partial charge is 0.127 e. The van der Waals surface area contributed by atoms with Gasteiger partial charge in [-0.25, -0.2) is 4.39 Å². The second-order valence-corrected chi connectivity index (χ2v) is 5.55. The van der Waals surface area contributed by atoms with Gasteiger partial charge in [0.2, 0.25) is 0 Å². The molecule has 0 spiro atoms. The lowest BCUT2D eigenvalue weighted by Gasteiger charge is -2.19. The van der Waals surface area contributed by atoms with Gasteiger partial charge in [0.15, 0.2) is 0 Å². The van der Waals surface area contributed by atoms with Gasteiger partial charge in [-0.2, -0.15) is 0 Å². The van der Waals surface area contributed by atoms with E-state index < -0.39 is 0 Å². The Kier molecular flexibility index (Phi) is 4.86. The fraction of sp³-hybridized carbons (Fsp3) is 0.294. The topological polar surface area (TPSA) is 35.2 Å². The number of hydrogen-bond donors (Lipinski definition) is 1. The first-order valence-electron chi connectivity index (χ1n) is 6.78. The third-order valence-electron chi connectivity index (χ3n) is 3.80. The molecule has 112 valence electrons. The molecule has 0 saturated heterocycles. The minimum Gasteiger partial charge on any atom is -0.496 e. The van der Waals surface area contributed by atoms with Crippen LogP contribution in [0.4, 0.5) is 4.39 Å². The van der Waals surface area contributed by atoms with E-state index in [1.807, 2.05) is 26.0 Å². The van der Waals surface area contributed by atoms with Crippen LogP contribution in [0.1, 0.15) is 28.3 Å². The Morgan fingerprint density at radius 1 is 1.24 bits per heavy atom. The van der Waals surface area contributed by atoms with Crippen LogP contribution in [0.2, 0.25) is 5.02 Å². The quantitative estimate of drug-likeness (QED) is 0.911. The number of benzene rings is 2. The maximum Gasteiger partial charge on any atom is 0.127 e. The van der Waals surface area contributed by atoms with Gasteiger partial charge in [0.25, 0.3) is 0 Å². The summed E-state index contributed by atoms with van der Waals surface area (Å²) in [5.41, 5.74) is 9.73. The molecule has 0 aliphatic rings. The molecular formula is C17H19ClFNO. The van der Waals surface area contributed by atoms with Crippen molar-refractivity contribution in [2.75, 3.05) is 7.11 Å². The van der Waals surface area contributed by atoms with Crippen molar-refractivity contribution >= 4 is 11.6 Å². The van der Waals surface area contributed by atoms with Crippen molar-refractivity contribution in [3.63, 3.8) is 0 Å². The van der Waals surface area contributed by atoms with E-state index in [9.17, 15) is 4.39 Å². The number of halogens is 2. The Balaban J connectivity index is 2.37. The molecule has 2 aromatic rings. The van der Waals surface area contributed by atoms with Crippen molar-refractivity contribution in [1.82, 2.24) is 0 Å². The molecule has 2 aromatic carbocycles. The number of ether oxygens (including phenoxy) is 1. The zero-order valence-electron chi connectivity index (χ0n) is 12.4. The molecule has 0 aromatic heterocycles. The van der Waals surface area contributed by atoms with E-state index in [1.165, 1.54) is 6.07 Å². The summed E-state index contributed by atoms with van der Waals surface area (Å²) >= 11 is 6.06. The summed E-state index contributed by atoms with van der Waals surface area (Å²) in [7, 11) is 1.62. The van der Waals surface area contributed by atoms with Crippen molar-refractivity contribution in [3.05, 3.63) is 63.4 Å². The van der Waals surface area contributed by atoms with Crippen LogP contribution in [0.5, 0.6) is 5.75 Å². The van der Waals surface area contributed by atoms with Gasteiger partial charge in [-0.3, -0.25) is 0 Å². The average molecular weight is 308 g/mol. The van der Waals surface area contributed by atoms with Crippen molar-refractivity contribution in [2.45, 2.75) is 26.3 Å². The first kappa shape index (κ1) is 15.8. The van der Waals surface area contributed by atoms with Gasteiger partial charge in [-0.05, 0) is 43.5 Å². The van der Waals surface area contributed by atoms with Crippen molar-refractivity contribution < 1.29 is 9.13 Å². The molecule has 0 saturated carbocycles. The largest absolute Gasteiger partial charge is 0.496 e. The van der Waals surface area contributed by atoms with Crippen LogP contribution in [0.25, 0.3) is 0 Å². The van der Waals surface area contributed by atoms with Gasteiger partial charge in [0.05, 0.1) is 7.11 Å². The molecule has 0 aliphatic carbocycles. The number of rotatable bonds is 4. The normalized spacial score (nSPS) is 12.3. The van der Waals surface area contributed by atoms with Gasteiger partial charge in [0, 0.05) is 22.2 Å². The lowest BCUT2D eigenvalue weighted by atomic mass is 9.95. The second kappa shape index (κ2) is 6.46. The van der Waals surface area contributed by atoms with Crippen LogP contribution in [0.3, 0.4) is 0 Å². The first-order chi connectivity index (χ1) is 9.95. The minimum atomic E-state index is -0.381. The molecule has 0 fully saturated rings. The predicted octanol–water partition coefficient (Wildman–Crippen LogP) is 4.35. The maximum atomic E-state index is 13.9. The zero-order valence-corrected chi connectivity index (χ0v) is 13.2. The average Bonchev–Trinajstić information content (AvgIpc) is 2.45. The van der Waals surface area contributed by atoms with Crippen LogP contribution < -0.4 is 10.5 Å². The SMILES string of the molecule is COc1c(C(N)Cc2c(F)cccc2Cl)ccc(C)c1C. The second-order valence-electron chi connectivity index (χ2n) is 5.14. The van der Waals surface area contributed by atoms with E-state index in [0.29, 0.717) is 17.0 Å². The fourth-order valence-corrected chi connectivity index (χ4v) is 2.67. The maximum absolute atomic E-state index is 13.9. The Hall–Kier alpha value is -1.58. The Labute approximate surface area is 129 Å². The molecule has 2 N–H and O–H groups in total. The summed E-state index contributed by atoms with van der Waals surface area (Å²) < 4.78 is 19.4. The minimum absolute atomic E-state index is 0.324. The molecule has 4 heteroatoms. The first-order valence-corrected chi connectivity index (χ1v) is 7.16. The third kappa shape index (κ3) is 3.20. The zero-order chi connectivity index (χ0) is 15.6. The third-order valence-corrected chi connectivity index (χ3v) is 4.15. The van der Waals surface area contributed by atoms with Crippen molar-refractivity contribution in [2.24, 2.45) is 5.73 Å². The molecule has 0 aliphatic heterocycles. The van der Waals surface area contributed by atoms with E-state index in [-0.39, 0.29) is 11.9 Å². The molecule has 1 unspecified atom stereocenters. The Bertz CT molecular complexity index is 637. The van der Waals surface area contributed by atoms with Crippen molar-refractivity contribution in [3.8, 4) is 5.75 Å². The van der Waals surface area contributed by atoms with Gasteiger partial charge in [-0.15, -0.1) is 0 Å². The van der Waals surface area contributed by atoms with Crippen molar-refractivity contribution in [1.29, 1.82) is 0 Å². The Morgan fingerprint density at radius 2 is 1.95 bits per heavy atom. The molecule has 0 radical (unpaired) electrons. The summed E-state index contributed by atoms with van der Waals surface area (Å²) in [5, 5.41) is 0.397. The molecular weight excluding hydrogens is 289 g/mol. The van der Waals surface area contributed by atoms with Crippen LogP contribution in [-0.2, 0) is 6.42 Å². The highest BCUT2D eigenvalue weighted by Crippen LogP contribution is 2.33. The fourth-order valence-electron chi connectivity index (χ4n) is 2.43. The summed E-state index contributed by atoms with van der Waals surface area (Å²) in [4.78, 5) is 0. The van der Waals surface area contributed by atoms with Crippen LogP contribution in [-0.4, -0.2) is 7.11 Å². The molecule has 2 rings (SSSR count). The van der Waals surface area contributed by atoms with Gasteiger partial charge < -0.3 is 10.5 Å². The lowest BCUT2D eigenvalue weighted by molar-refractivity contribution is 0.401. The number of hydrogen-bond acceptors (Lipinski definition) is 2. The number of aryl methyl sites for hydroxylation is 1. The number of nitrogens with two attached hydrogens (primary N) is 1. The highest BCUT2D eigenvalue weighted by molar-refractivity contribution is 6.31. The summed E-state index contributed by atoms with van der Waals surface area (Å²) in [6.07, 6.45) is 0.324. The van der Waals surface area contributed by atoms with Gasteiger partial charge in [0.1, 0.15) is 11.6 Å². The summed E-state index contributed by atoms with van der Waals surface area (Å²) in [6, 6.07) is 8.20. The van der Waals surface area contributed by atoms with E-state index in [0.717, 1.165) is 22.4 Å². The molecule has 0 heterocycles. The Morgan fingerprint density at radius 3 is 2.57 bits per heavy atom. The lowest BCUT2D eigenvalue weighted by Crippen LogP contribution is -2.16. The molecule has 0 bridgehead atoms. The van der Waals surface area contributed by atoms with Crippen LogP contribution >= 0.6 is 11.6 Å². The van der Waals surface area contributed by atoms with Gasteiger partial charge >= 0.3 is 0 Å². The molecule has 1 atom stereocenters. The van der Waals surface area contributed by atoms with E-state index in [1.54, 1.807) is 19.2 Å². The highest BCUT2D eigenvalue weighted by Gasteiger charge is 2.18. The number of methoxy groups -OCH3 is 1. The molecule has 0 amide bonds. The summed E-state index contributed by atoms with van der Waals surface area (Å²) in [6.45, 7) is 4.00. The van der Waals surface area contributed by atoms with Crippen LogP contribution in [0, 0.1) is 19.7 Å². The van der Waals surface area contributed by atoms with E-state index in [4.69, 9.17) is 22.1 Å².